The molecular weight excluding hydrogens is 418 g/mol. The van der Waals surface area contributed by atoms with Gasteiger partial charge in [0.2, 0.25) is 0 Å². The number of carbonyl (C=O) groups is 3. The van der Waals surface area contributed by atoms with E-state index in [9.17, 15) is 14.4 Å². The Morgan fingerprint density at radius 3 is 2.23 bits per heavy atom. The molecule has 156 valence electrons. The van der Waals surface area contributed by atoms with Gasteiger partial charge < -0.3 is 10.1 Å². The normalized spacial score (nSPS) is 10.8. The lowest BCUT2D eigenvalue weighted by molar-refractivity contribution is -0.136. The Bertz CT molecular complexity index is 1150. The fraction of sp³-hybridized carbons (Fsp3) is 0.0435. The summed E-state index contributed by atoms with van der Waals surface area (Å²) in [4.78, 5) is 36.5. The summed E-state index contributed by atoms with van der Waals surface area (Å²) in [7, 11) is 0. The molecule has 0 heterocycles. The van der Waals surface area contributed by atoms with Crippen LogP contribution in [-0.2, 0) is 9.59 Å². The van der Waals surface area contributed by atoms with Crippen LogP contribution in [0.2, 0.25) is 5.02 Å². The first kappa shape index (κ1) is 21.7. The standard InChI is InChI=1S/C23H18ClN3O4/c1-15(26-27-22(29)21(28)25-19-13-7-6-12-18(19)24)17-11-5-8-14-20(17)31-23(30)16-9-3-2-4-10-16/h2-14H,1H3,(H,25,28)(H,27,29)/b26-15+. The third-order valence-corrected chi connectivity index (χ3v) is 4.47. The molecule has 8 heteroatoms. The molecule has 0 atom stereocenters. The highest BCUT2D eigenvalue weighted by atomic mass is 35.5. The van der Waals surface area contributed by atoms with Gasteiger partial charge in [-0.3, -0.25) is 9.59 Å². The van der Waals surface area contributed by atoms with Crippen molar-refractivity contribution >= 4 is 40.8 Å². The van der Waals surface area contributed by atoms with E-state index < -0.39 is 17.8 Å². The lowest BCUT2D eigenvalue weighted by atomic mass is 10.1. The molecule has 0 unspecified atom stereocenters. The minimum atomic E-state index is -0.974. The number of nitrogens with zero attached hydrogens (tertiary/aromatic N) is 1. The second-order valence-corrected chi connectivity index (χ2v) is 6.73. The molecular formula is C23H18ClN3O4. The zero-order chi connectivity index (χ0) is 22.2. The van der Waals surface area contributed by atoms with E-state index in [0.717, 1.165) is 0 Å². The van der Waals surface area contributed by atoms with E-state index in [-0.39, 0.29) is 5.75 Å². The van der Waals surface area contributed by atoms with Crippen molar-refractivity contribution in [1.29, 1.82) is 0 Å². The zero-order valence-corrected chi connectivity index (χ0v) is 17.2. The third kappa shape index (κ3) is 5.77. The molecule has 0 aliphatic rings. The topological polar surface area (TPSA) is 96.9 Å². The van der Waals surface area contributed by atoms with Gasteiger partial charge in [-0.15, -0.1) is 0 Å². The number of nitrogens with one attached hydrogen (secondary N) is 2. The summed E-state index contributed by atoms with van der Waals surface area (Å²) in [5, 5.41) is 6.66. The van der Waals surface area contributed by atoms with E-state index in [4.69, 9.17) is 16.3 Å². The van der Waals surface area contributed by atoms with Crippen LogP contribution in [0.15, 0.2) is 84.0 Å². The van der Waals surface area contributed by atoms with Gasteiger partial charge in [0.05, 0.1) is 22.0 Å². The Morgan fingerprint density at radius 2 is 1.48 bits per heavy atom. The molecule has 0 aliphatic heterocycles. The molecule has 0 bridgehead atoms. The third-order valence-electron chi connectivity index (χ3n) is 4.14. The maximum absolute atomic E-state index is 12.3. The van der Waals surface area contributed by atoms with Gasteiger partial charge in [0, 0.05) is 5.56 Å². The Kier molecular flexibility index (Phi) is 7.13. The van der Waals surface area contributed by atoms with Gasteiger partial charge in [0.1, 0.15) is 5.75 Å². The van der Waals surface area contributed by atoms with Crippen molar-refractivity contribution in [2.75, 3.05) is 5.32 Å². The average molecular weight is 436 g/mol. The summed E-state index contributed by atoms with van der Waals surface area (Å²) in [6.45, 7) is 1.61. The molecule has 0 aliphatic carbocycles. The first-order valence-corrected chi connectivity index (χ1v) is 9.60. The van der Waals surface area contributed by atoms with E-state index >= 15 is 0 Å². The Labute approximate surface area is 183 Å². The fourth-order valence-electron chi connectivity index (χ4n) is 2.57. The van der Waals surface area contributed by atoms with Gasteiger partial charge in [-0.1, -0.05) is 54.1 Å². The number of esters is 1. The lowest BCUT2D eigenvalue weighted by Gasteiger charge is -2.10. The highest BCUT2D eigenvalue weighted by Gasteiger charge is 2.16. The van der Waals surface area contributed by atoms with Crippen LogP contribution in [0.3, 0.4) is 0 Å². The van der Waals surface area contributed by atoms with E-state index in [1.807, 2.05) is 0 Å². The van der Waals surface area contributed by atoms with Gasteiger partial charge in [0.15, 0.2) is 0 Å². The van der Waals surface area contributed by atoms with Crippen molar-refractivity contribution in [3.63, 3.8) is 0 Å². The molecule has 3 aromatic carbocycles. The van der Waals surface area contributed by atoms with Crippen LogP contribution in [-0.4, -0.2) is 23.5 Å². The summed E-state index contributed by atoms with van der Waals surface area (Å²) in [6, 6.07) is 21.8. The number of ether oxygens (including phenoxy) is 1. The molecule has 0 saturated heterocycles. The molecule has 7 nitrogen and oxygen atoms in total. The van der Waals surface area contributed by atoms with Crippen molar-refractivity contribution in [2.24, 2.45) is 5.10 Å². The van der Waals surface area contributed by atoms with E-state index in [2.05, 4.69) is 15.8 Å². The van der Waals surface area contributed by atoms with Crippen LogP contribution in [0.1, 0.15) is 22.8 Å². The minimum absolute atomic E-state index is 0.271. The van der Waals surface area contributed by atoms with Gasteiger partial charge in [-0.25, -0.2) is 10.2 Å². The number of hydrogen-bond acceptors (Lipinski definition) is 5. The molecule has 2 N–H and O–H groups in total. The number of hydrazone groups is 1. The van der Waals surface area contributed by atoms with Crippen LogP contribution < -0.4 is 15.5 Å². The molecule has 2 amide bonds. The number of benzene rings is 3. The molecule has 0 fully saturated rings. The Balaban J connectivity index is 1.69. The molecule has 0 saturated carbocycles. The predicted octanol–water partition coefficient (Wildman–Crippen LogP) is 4.04. The van der Waals surface area contributed by atoms with Crippen LogP contribution >= 0.6 is 11.6 Å². The van der Waals surface area contributed by atoms with Crippen LogP contribution in [0, 0.1) is 0 Å². The summed E-state index contributed by atoms with van der Waals surface area (Å²) >= 11 is 5.97. The van der Waals surface area contributed by atoms with Crippen LogP contribution in [0.25, 0.3) is 0 Å². The van der Waals surface area contributed by atoms with E-state index in [0.29, 0.717) is 27.5 Å². The highest BCUT2D eigenvalue weighted by Crippen LogP contribution is 2.21. The number of carbonyl (C=O) groups excluding carboxylic acids is 3. The first-order valence-electron chi connectivity index (χ1n) is 9.22. The number of amides is 2. The quantitative estimate of drug-likeness (QED) is 0.208. The van der Waals surface area contributed by atoms with Crippen molar-refractivity contribution in [3.8, 4) is 5.75 Å². The second kappa shape index (κ2) is 10.2. The molecule has 0 aromatic heterocycles. The first-order chi connectivity index (χ1) is 15.0. The Hall–Kier alpha value is -3.97. The number of anilines is 1. The highest BCUT2D eigenvalue weighted by molar-refractivity contribution is 6.41. The SMILES string of the molecule is C/C(=N\NC(=O)C(=O)Nc1ccccc1Cl)c1ccccc1OC(=O)c1ccccc1. The van der Waals surface area contributed by atoms with E-state index in [1.54, 1.807) is 85.8 Å². The summed E-state index contributed by atoms with van der Waals surface area (Å²) in [5.74, 6) is -2.15. The second-order valence-electron chi connectivity index (χ2n) is 6.32. The van der Waals surface area contributed by atoms with Gasteiger partial charge in [-0.05, 0) is 43.3 Å². The summed E-state index contributed by atoms with van der Waals surface area (Å²) in [6.07, 6.45) is 0. The van der Waals surface area contributed by atoms with Crippen molar-refractivity contribution in [3.05, 3.63) is 95.0 Å². The summed E-state index contributed by atoms with van der Waals surface area (Å²) in [5.41, 5.74) is 3.72. The van der Waals surface area contributed by atoms with Crippen molar-refractivity contribution in [2.45, 2.75) is 6.92 Å². The molecule has 3 rings (SSSR count). The largest absolute Gasteiger partial charge is 0.422 e. The number of hydrogen-bond donors (Lipinski definition) is 2. The van der Waals surface area contributed by atoms with Crippen LogP contribution in [0.5, 0.6) is 5.75 Å². The fourth-order valence-corrected chi connectivity index (χ4v) is 2.76. The minimum Gasteiger partial charge on any atom is -0.422 e. The summed E-state index contributed by atoms with van der Waals surface area (Å²) < 4.78 is 5.47. The van der Waals surface area contributed by atoms with Gasteiger partial charge in [0.25, 0.3) is 0 Å². The van der Waals surface area contributed by atoms with Gasteiger partial charge in [-0.2, -0.15) is 5.10 Å². The molecule has 3 aromatic rings. The Morgan fingerprint density at radius 1 is 0.839 bits per heavy atom. The smallest absolute Gasteiger partial charge is 0.343 e. The monoisotopic (exact) mass is 435 g/mol. The maximum Gasteiger partial charge on any atom is 0.343 e. The number of para-hydroxylation sites is 2. The molecule has 0 spiro atoms. The molecule has 31 heavy (non-hydrogen) atoms. The van der Waals surface area contributed by atoms with Crippen LogP contribution in [0.4, 0.5) is 5.69 Å². The van der Waals surface area contributed by atoms with Crippen molar-refractivity contribution < 1.29 is 19.1 Å². The van der Waals surface area contributed by atoms with E-state index in [1.165, 1.54) is 0 Å². The van der Waals surface area contributed by atoms with Crippen molar-refractivity contribution in [1.82, 2.24) is 5.43 Å². The maximum atomic E-state index is 12.3. The lowest BCUT2D eigenvalue weighted by Crippen LogP contribution is -2.33. The van der Waals surface area contributed by atoms with Gasteiger partial charge >= 0.3 is 17.8 Å². The predicted molar refractivity (Wildman–Crippen MR) is 118 cm³/mol. The zero-order valence-electron chi connectivity index (χ0n) is 16.5. The average Bonchev–Trinajstić information content (AvgIpc) is 2.79. The molecule has 0 radical (unpaired) electrons. The number of halogens is 1. The number of rotatable bonds is 5.